The maximum absolute atomic E-state index is 8.85. The molecule has 2 rings (SSSR count). The lowest BCUT2D eigenvalue weighted by atomic mass is 10.1. The van der Waals surface area contributed by atoms with E-state index in [4.69, 9.17) is 5.11 Å². The molecule has 0 radical (unpaired) electrons. The molecular formula is C17H26N2O. The summed E-state index contributed by atoms with van der Waals surface area (Å²) in [6.07, 6.45) is 4.03. The highest BCUT2D eigenvalue weighted by Crippen LogP contribution is 2.19. The van der Waals surface area contributed by atoms with Crippen LogP contribution in [-0.4, -0.2) is 21.8 Å². The SMILES string of the molecule is CC(C)(C)NCc1ccc2c(ccn2CCCCO)c1. The van der Waals surface area contributed by atoms with Crippen molar-refractivity contribution in [1.82, 2.24) is 9.88 Å². The van der Waals surface area contributed by atoms with Crippen molar-refractivity contribution in [1.29, 1.82) is 0 Å². The first-order valence-electron chi connectivity index (χ1n) is 7.43. The minimum Gasteiger partial charge on any atom is -0.396 e. The molecule has 0 spiro atoms. The summed E-state index contributed by atoms with van der Waals surface area (Å²) in [4.78, 5) is 0. The maximum atomic E-state index is 8.85. The van der Waals surface area contributed by atoms with Crippen LogP contribution in [0.5, 0.6) is 0 Å². The molecule has 110 valence electrons. The zero-order chi connectivity index (χ0) is 14.6. The van der Waals surface area contributed by atoms with E-state index in [0.29, 0.717) is 0 Å². The second-order valence-corrected chi connectivity index (χ2v) is 6.44. The molecule has 1 aromatic heterocycles. The summed E-state index contributed by atoms with van der Waals surface area (Å²) in [5.41, 5.74) is 2.74. The monoisotopic (exact) mass is 274 g/mol. The molecule has 3 heteroatoms. The van der Waals surface area contributed by atoms with Gasteiger partial charge in [-0.25, -0.2) is 0 Å². The van der Waals surface area contributed by atoms with Crippen molar-refractivity contribution in [2.24, 2.45) is 0 Å². The van der Waals surface area contributed by atoms with Crippen LogP contribution in [0.1, 0.15) is 39.2 Å². The molecule has 20 heavy (non-hydrogen) atoms. The van der Waals surface area contributed by atoms with Crippen molar-refractivity contribution in [2.45, 2.75) is 52.2 Å². The van der Waals surface area contributed by atoms with Crippen LogP contribution in [-0.2, 0) is 13.1 Å². The van der Waals surface area contributed by atoms with Gasteiger partial charge in [-0.1, -0.05) is 6.07 Å². The summed E-state index contributed by atoms with van der Waals surface area (Å²) in [7, 11) is 0. The summed E-state index contributed by atoms with van der Waals surface area (Å²) in [5.74, 6) is 0. The lowest BCUT2D eigenvalue weighted by molar-refractivity contribution is 0.281. The van der Waals surface area contributed by atoms with Gasteiger partial charge in [0.25, 0.3) is 0 Å². The van der Waals surface area contributed by atoms with E-state index in [1.54, 1.807) is 0 Å². The number of nitrogens with one attached hydrogen (secondary N) is 1. The number of aromatic nitrogens is 1. The van der Waals surface area contributed by atoms with Crippen molar-refractivity contribution in [3.63, 3.8) is 0 Å². The molecule has 1 aromatic carbocycles. The van der Waals surface area contributed by atoms with E-state index in [1.807, 2.05) is 0 Å². The van der Waals surface area contributed by atoms with Crippen molar-refractivity contribution < 1.29 is 5.11 Å². The highest BCUT2D eigenvalue weighted by Gasteiger charge is 2.09. The summed E-state index contributed by atoms with van der Waals surface area (Å²) in [6.45, 7) is 8.70. The Hall–Kier alpha value is -1.32. The van der Waals surface area contributed by atoms with E-state index < -0.39 is 0 Å². The van der Waals surface area contributed by atoms with Crippen molar-refractivity contribution >= 4 is 10.9 Å². The van der Waals surface area contributed by atoms with Gasteiger partial charge >= 0.3 is 0 Å². The van der Waals surface area contributed by atoms with Gasteiger partial charge in [0.15, 0.2) is 0 Å². The molecule has 0 aliphatic rings. The van der Waals surface area contributed by atoms with Crippen LogP contribution < -0.4 is 5.32 Å². The van der Waals surface area contributed by atoms with Gasteiger partial charge in [-0.2, -0.15) is 0 Å². The third-order valence-corrected chi connectivity index (χ3v) is 3.47. The number of nitrogens with zero attached hydrogens (tertiary/aromatic N) is 1. The zero-order valence-corrected chi connectivity index (χ0v) is 12.8. The molecule has 0 bridgehead atoms. The van der Waals surface area contributed by atoms with E-state index in [2.05, 4.69) is 61.1 Å². The van der Waals surface area contributed by atoms with Gasteiger partial charge in [0.2, 0.25) is 0 Å². The van der Waals surface area contributed by atoms with E-state index in [0.717, 1.165) is 25.9 Å². The van der Waals surface area contributed by atoms with Gasteiger partial charge in [0.1, 0.15) is 0 Å². The topological polar surface area (TPSA) is 37.2 Å². The van der Waals surface area contributed by atoms with Crippen LogP contribution in [0.15, 0.2) is 30.5 Å². The Morgan fingerprint density at radius 2 is 1.95 bits per heavy atom. The molecule has 0 unspecified atom stereocenters. The first kappa shape index (κ1) is 15.1. The fraction of sp³-hybridized carbons (Fsp3) is 0.529. The molecule has 1 heterocycles. The molecule has 2 aromatic rings. The number of aliphatic hydroxyl groups excluding tert-OH is 1. The predicted octanol–water partition coefficient (Wildman–Crippen LogP) is 3.30. The molecule has 0 amide bonds. The number of unbranched alkanes of at least 4 members (excludes halogenated alkanes) is 1. The normalized spacial score (nSPS) is 12.2. The summed E-state index contributed by atoms with van der Waals surface area (Å²) in [5, 5.41) is 13.7. The first-order valence-corrected chi connectivity index (χ1v) is 7.43. The number of benzene rings is 1. The zero-order valence-electron chi connectivity index (χ0n) is 12.8. The molecule has 0 atom stereocenters. The largest absolute Gasteiger partial charge is 0.396 e. The lowest BCUT2D eigenvalue weighted by Gasteiger charge is -2.20. The second kappa shape index (κ2) is 6.42. The van der Waals surface area contributed by atoms with Crippen LogP contribution in [0.4, 0.5) is 0 Å². The van der Waals surface area contributed by atoms with Crippen LogP contribution in [0, 0.1) is 0 Å². The first-order chi connectivity index (χ1) is 9.49. The average Bonchev–Trinajstić information content (AvgIpc) is 2.79. The molecule has 0 saturated carbocycles. The number of hydrogen-bond acceptors (Lipinski definition) is 2. The molecule has 0 aliphatic carbocycles. The number of aryl methyl sites for hydroxylation is 1. The second-order valence-electron chi connectivity index (χ2n) is 6.44. The molecular weight excluding hydrogens is 248 g/mol. The van der Waals surface area contributed by atoms with Crippen molar-refractivity contribution in [3.8, 4) is 0 Å². The van der Waals surface area contributed by atoms with Gasteiger partial charge < -0.3 is 15.0 Å². The third-order valence-electron chi connectivity index (χ3n) is 3.47. The number of hydrogen-bond donors (Lipinski definition) is 2. The molecule has 3 nitrogen and oxygen atoms in total. The highest BCUT2D eigenvalue weighted by molar-refractivity contribution is 5.80. The standard InChI is InChI=1S/C17H26N2O/c1-17(2,3)18-13-14-6-7-16-15(12-14)8-10-19(16)9-4-5-11-20/h6-8,10,12,18,20H,4-5,9,11,13H2,1-3H3. The highest BCUT2D eigenvalue weighted by atomic mass is 16.2. The number of rotatable bonds is 6. The smallest absolute Gasteiger partial charge is 0.0480 e. The fourth-order valence-electron chi connectivity index (χ4n) is 2.32. The molecule has 0 saturated heterocycles. The Kier molecular flexibility index (Phi) is 4.84. The predicted molar refractivity (Wildman–Crippen MR) is 84.9 cm³/mol. The van der Waals surface area contributed by atoms with Crippen LogP contribution in [0.25, 0.3) is 10.9 Å². The Bertz CT molecular complexity index is 552. The van der Waals surface area contributed by atoms with Gasteiger partial charge in [0.05, 0.1) is 0 Å². The van der Waals surface area contributed by atoms with E-state index in [-0.39, 0.29) is 12.1 Å². The molecule has 0 aliphatic heterocycles. The van der Waals surface area contributed by atoms with Crippen LogP contribution in [0.3, 0.4) is 0 Å². The van der Waals surface area contributed by atoms with Gasteiger partial charge in [0, 0.05) is 36.9 Å². The van der Waals surface area contributed by atoms with Crippen molar-refractivity contribution in [2.75, 3.05) is 6.61 Å². The van der Waals surface area contributed by atoms with E-state index in [1.165, 1.54) is 16.5 Å². The summed E-state index contributed by atoms with van der Waals surface area (Å²) >= 11 is 0. The van der Waals surface area contributed by atoms with Crippen molar-refractivity contribution in [3.05, 3.63) is 36.0 Å². The Morgan fingerprint density at radius 1 is 1.15 bits per heavy atom. The van der Waals surface area contributed by atoms with E-state index in [9.17, 15) is 0 Å². The van der Waals surface area contributed by atoms with Gasteiger partial charge in [-0.15, -0.1) is 0 Å². The Labute approximate surface area is 121 Å². The quantitative estimate of drug-likeness (QED) is 0.793. The van der Waals surface area contributed by atoms with Crippen LogP contribution >= 0.6 is 0 Å². The Morgan fingerprint density at radius 3 is 2.65 bits per heavy atom. The molecule has 0 fully saturated rings. The molecule has 2 N–H and O–H groups in total. The third kappa shape index (κ3) is 4.09. The average molecular weight is 274 g/mol. The van der Waals surface area contributed by atoms with Gasteiger partial charge in [-0.3, -0.25) is 0 Å². The number of fused-ring (bicyclic) bond motifs is 1. The Balaban J connectivity index is 2.07. The summed E-state index contributed by atoms with van der Waals surface area (Å²) < 4.78 is 2.27. The summed E-state index contributed by atoms with van der Waals surface area (Å²) in [6, 6.07) is 8.84. The minimum absolute atomic E-state index is 0.144. The maximum Gasteiger partial charge on any atom is 0.0480 e. The lowest BCUT2D eigenvalue weighted by Crippen LogP contribution is -2.35. The number of aliphatic hydroxyl groups is 1. The van der Waals surface area contributed by atoms with Gasteiger partial charge in [-0.05, 0) is 62.8 Å². The minimum atomic E-state index is 0.144. The van der Waals surface area contributed by atoms with Crippen LogP contribution in [0.2, 0.25) is 0 Å². The fourth-order valence-corrected chi connectivity index (χ4v) is 2.32. The van der Waals surface area contributed by atoms with E-state index >= 15 is 0 Å².